The number of hydrogen-bond donors (Lipinski definition) is 0. The van der Waals surface area contributed by atoms with Gasteiger partial charge in [0.15, 0.2) is 5.16 Å². The summed E-state index contributed by atoms with van der Waals surface area (Å²) in [7, 11) is 0. The zero-order valence-electron chi connectivity index (χ0n) is 21.8. The summed E-state index contributed by atoms with van der Waals surface area (Å²) in [4.78, 5) is 11.3. The fraction of sp³-hybridized carbons (Fsp3) is 0.200. The Morgan fingerprint density at radius 1 is 0.949 bits per heavy atom. The number of fused-ring (bicyclic) bond motifs is 1. The number of halogens is 1. The molecule has 198 valence electrons. The summed E-state index contributed by atoms with van der Waals surface area (Å²) in [6.07, 6.45) is 0. The Hall–Kier alpha value is -3.69. The first-order valence-corrected chi connectivity index (χ1v) is 14.1. The lowest BCUT2D eigenvalue weighted by Gasteiger charge is -2.16. The van der Waals surface area contributed by atoms with Crippen LogP contribution in [0.3, 0.4) is 0 Å². The van der Waals surface area contributed by atoms with E-state index >= 15 is 0 Å². The molecule has 0 fully saturated rings. The van der Waals surface area contributed by atoms with Gasteiger partial charge in [0.05, 0.1) is 4.47 Å². The molecule has 7 nitrogen and oxygen atoms in total. The third-order valence-corrected chi connectivity index (χ3v) is 8.44. The van der Waals surface area contributed by atoms with Gasteiger partial charge in [0.25, 0.3) is 0 Å². The summed E-state index contributed by atoms with van der Waals surface area (Å²) < 4.78 is 8.78. The number of nitrogens with zero attached hydrogens (tertiary/aromatic N) is 4. The second kappa shape index (κ2) is 11.6. The highest BCUT2D eigenvalue weighted by atomic mass is 79.9. The molecular formula is C30H27BrN4O3S. The van der Waals surface area contributed by atoms with Gasteiger partial charge in [-0.3, -0.25) is 14.7 Å². The minimum atomic E-state index is -0.472. The molecule has 0 aliphatic rings. The molecule has 0 unspecified atom stereocenters. The van der Waals surface area contributed by atoms with E-state index in [9.17, 15) is 10.1 Å². The van der Waals surface area contributed by atoms with Crippen molar-refractivity contribution in [3.05, 3.63) is 122 Å². The second-order valence-electron chi connectivity index (χ2n) is 9.42. The van der Waals surface area contributed by atoms with E-state index in [1.54, 1.807) is 0 Å². The largest absolute Gasteiger partial charge is 0.488 e. The van der Waals surface area contributed by atoms with Crippen LogP contribution in [0.4, 0.5) is 0 Å². The Balaban J connectivity index is 1.37. The maximum atomic E-state index is 11.6. The van der Waals surface area contributed by atoms with Crippen LogP contribution in [-0.2, 0) is 6.61 Å². The molecule has 0 spiro atoms. The molecule has 4 aromatic carbocycles. The lowest BCUT2D eigenvalue weighted by molar-refractivity contribution is -0.479. The summed E-state index contributed by atoms with van der Waals surface area (Å²) in [6.45, 7) is 6.16. The van der Waals surface area contributed by atoms with Gasteiger partial charge in [-0.05, 0) is 100 Å². The van der Waals surface area contributed by atoms with E-state index < -0.39 is 5.25 Å². The number of aryl methyl sites for hydroxylation is 3. The van der Waals surface area contributed by atoms with Gasteiger partial charge in [0.1, 0.15) is 23.4 Å². The number of hydrogen-bond acceptors (Lipinski definition) is 6. The highest BCUT2D eigenvalue weighted by molar-refractivity contribution is 9.10. The van der Waals surface area contributed by atoms with Crippen molar-refractivity contribution in [3.63, 3.8) is 0 Å². The Labute approximate surface area is 239 Å². The molecule has 0 saturated heterocycles. The molecular weight excluding hydrogens is 576 g/mol. The molecule has 0 aliphatic heterocycles. The van der Waals surface area contributed by atoms with Gasteiger partial charge in [-0.25, -0.2) is 0 Å². The maximum absolute atomic E-state index is 11.6. The third-order valence-electron chi connectivity index (χ3n) is 6.64. The minimum Gasteiger partial charge on any atom is -0.488 e. The van der Waals surface area contributed by atoms with Crippen molar-refractivity contribution in [3.8, 4) is 11.4 Å². The van der Waals surface area contributed by atoms with Crippen molar-refractivity contribution in [1.29, 1.82) is 0 Å². The van der Waals surface area contributed by atoms with E-state index in [1.807, 2.05) is 47.9 Å². The van der Waals surface area contributed by atoms with Crippen LogP contribution in [0.1, 0.15) is 33.3 Å². The first-order valence-electron chi connectivity index (χ1n) is 12.5. The molecule has 0 bridgehead atoms. The standard InChI is InChI=1S/C30H27BrN4O3S/c1-19-8-12-26(14-20(19)2)35-21(3)32-33-30(35)39-29(17-34(36)37)25-11-13-28(27(31)16-25)38-18-22-9-10-23-6-4-5-7-24(23)15-22/h4-16,29H,17-18H2,1-3H3/t29-/m0/s1. The minimum absolute atomic E-state index is 0.257. The predicted molar refractivity (Wildman–Crippen MR) is 158 cm³/mol. The zero-order chi connectivity index (χ0) is 27.5. The van der Waals surface area contributed by atoms with Crippen molar-refractivity contribution in [2.75, 3.05) is 6.54 Å². The smallest absolute Gasteiger partial charge is 0.220 e. The van der Waals surface area contributed by atoms with Gasteiger partial charge < -0.3 is 4.74 Å². The molecule has 0 radical (unpaired) electrons. The average molecular weight is 604 g/mol. The Morgan fingerprint density at radius 3 is 2.49 bits per heavy atom. The Morgan fingerprint density at radius 2 is 1.74 bits per heavy atom. The lowest BCUT2D eigenvalue weighted by atomic mass is 10.1. The second-order valence-corrected chi connectivity index (χ2v) is 11.4. The quantitative estimate of drug-likeness (QED) is 0.0972. The summed E-state index contributed by atoms with van der Waals surface area (Å²) in [5.41, 5.74) is 5.14. The van der Waals surface area contributed by atoms with Crippen molar-refractivity contribution in [1.82, 2.24) is 14.8 Å². The van der Waals surface area contributed by atoms with E-state index in [-0.39, 0.29) is 11.5 Å². The third kappa shape index (κ3) is 6.15. The lowest BCUT2D eigenvalue weighted by Crippen LogP contribution is -2.11. The van der Waals surface area contributed by atoms with Gasteiger partial charge in [0.2, 0.25) is 6.54 Å². The van der Waals surface area contributed by atoms with Gasteiger partial charge >= 0.3 is 0 Å². The van der Waals surface area contributed by atoms with Crippen molar-refractivity contribution in [2.24, 2.45) is 0 Å². The number of rotatable bonds is 9. The van der Waals surface area contributed by atoms with Crippen molar-refractivity contribution >= 4 is 38.5 Å². The normalized spacial score (nSPS) is 12.0. The number of ether oxygens (including phenoxy) is 1. The Bertz CT molecular complexity index is 1670. The van der Waals surface area contributed by atoms with Gasteiger partial charge in [-0.2, -0.15) is 0 Å². The van der Waals surface area contributed by atoms with Gasteiger partial charge in [0, 0.05) is 10.6 Å². The molecule has 0 saturated carbocycles. The zero-order valence-corrected chi connectivity index (χ0v) is 24.2. The van der Waals surface area contributed by atoms with Gasteiger partial charge in [-0.15, -0.1) is 10.2 Å². The molecule has 5 rings (SSSR count). The molecule has 1 atom stereocenters. The Kier molecular flexibility index (Phi) is 7.99. The van der Waals surface area contributed by atoms with Crippen LogP contribution < -0.4 is 4.74 Å². The molecule has 0 aliphatic carbocycles. The van der Waals surface area contributed by atoms with Gasteiger partial charge in [-0.1, -0.05) is 60.3 Å². The van der Waals surface area contributed by atoms with Crippen molar-refractivity contribution < 1.29 is 9.66 Å². The molecule has 0 N–H and O–H groups in total. The summed E-state index contributed by atoms with van der Waals surface area (Å²) >= 11 is 4.95. The van der Waals surface area contributed by atoms with Crippen LogP contribution in [-0.4, -0.2) is 26.2 Å². The van der Waals surface area contributed by atoms with Crippen LogP contribution in [0, 0.1) is 30.9 Å². The molecule has 1 heterocycles. The van der Waals surface area contributed by atoms with Crippen LogP contribution in [0.2, 0.25) is 0 Å². The predicted octanol–water partition coefficient (Wildman–Crippen LogP) is 7.80. The number of nitro groups is 1. The number of benzene rings is 4. The number of aromatic nitrogens is 3. The average Bonchev–Trinajstić information content (AvgIpc) is 3.28. The highest BCUT2D eigenvalue weighted by Gasteiger charge is 2.24. The molecule has 1 aromatic heterocycles. The van der Waals surface area contributed by atoms with E-state index in [4.69, 9.17) is 4.74 Å². The molecule has 5 aromatic rings. The van der Waals surface area contributed by atoms with Crippen LogP contribution in [0.5, 0.6) is 5.75 Å². The summed E-state index contributed by atoms with van der Waals surface area (Å²) in [5.74, 6) is 1.39. The van der Waals surface area contributed by atoms with Crippen LogP contribution >= 0.6 is 27.7 Å². The van der Waals surface area contributed by atoms with E-state index in [0.29, 0.717) is 17.5 Å². The SMILES string of the molecule is Cc1ccc(-n2c(C)nnc2S[C@@H](C[N+](=O)[O-])c2ccc(OCc3ccc4ccccc4c3)c(Br)c2)cc1C. The fourth-order valence-corrected chi connectivity index (χ4v) is 6.05. The van der Waals surface area contributed by atoms with Crippen LogP contribution in [0.15, 0.2) is 88.5 Å². The first-order chi connectivity index (χ1) is 18.8. The van der Waals surface area contributed by atoms with Crippen molar-refractivity contribution in [2.45, 2.75) is 37.8 Å². The summed E-state index contributed by atoms with van der Waals surface area (Å²) in [6, 6.07) is 26.3. The number of thioether (sulfide) groups is 1. The summed E-state index contributed by atoms with van der Waals surface area (Å²) in [5, 5.41) is 22.7. The monoisotopic (exact) mass is 602 g/mol. The maximum Gasteiger partial charge on any atom is 0.220 e. The van der Waals surface area contributed by atoms with E-state index in [0.717, 1.165) is 38.1 Å². The highest BCUT2D eigenvalue weighted by Crippen LogP contribution is 2.39. The van der Waals surface area contributed by atoms with Crippen LogP contribution in [0.25, 0.3) is 16.5 Å². The topological polar surface area (TPSA) is 83.1 Å². The van der Waals surface area contributed by atoms with E-state index in [2.05, 4.69) is 82.4 Å². The fourth-order valence-electron chi connectivity index (χ4n) is 4.38. The molecule has 9 heteroatoms. The molecule has 0 amide bonds. The molecule has 39 heavy (non-hydrogen) atoms. The first kappa shape index (κ1) is 26.9. The van der Waals surface area contributed by atoms with E-state index in [1.165, 1.54) is 22.7 Å².